The molecular weight excluding hydrogens is 408 g/mol. The number of hydrogen-bond donors (Lipinski definition) is 1. The van der Waals surface area contributed by atoms with Crippen LogP contribution in [0.3, 0.4) is 0 Å². The van der Waals surface area contributed by atoms with E-state index >= 15 is 0 Å². The van der Waals surface area contributed by atoms with Crippen molar-refractivity contribution in [3.63, 3.8) is 0 Å². The topological polar surface area (TPSA) is 37.6 Å². The van der Waals surface area contributed by atoms with Gasteiger partial charge in [-0.1, -0.05) is 36.6 Å². The highest BCUT2D eigenvalue weighted by Gasteiger charge is 2.33. The van der Waals surface area contributed by atoms with E-state index in [1.54, 1.807) is 7.11 Å². The number of para-hydroxylation sites is 1. The molecular formula is C26H29ClN2O2. The van der Waals surface area contributed by atoms with Crippen molar-refractivity contribution in [2.24, 2.45) is 0 Å². The Morgan fingerprint density at radius 3 is 2.55 bits per heavy atom. The minimum absolute atomic E-state index is 0.206. The number of benzene rings is 2. The smallest absolute Gasteiger partial charge is 0.118 e. The molecule has 3 aromatic rings. The SMILES string of the molecule is COc1ccc(-c2cc3c(n2-c2ccccc2Cl)CCN(C2CCCCC2O)C3)cc1. The van der Waals surface area contributed by atoms with Crippen molar-refractivity contribution < 1.29 is 9.84 Å². The van der Waals surface area contributed by atoms with Crippen LogP contribution in [0.2, 0.25) is 5.02 Å². The number of hydrogen-bond acceptors (Lipinski definition) is 3. The Hall–Kier alpha value is -2.27. The molecule has 2 aliphatic rings. The molecule has 0 amide bonds. The Morgan fingerprint density at radius 1 is 1.03 bits per heavy atom. The monoisotopic (exact) mass is 436 g/mol. The molecule has 5 rings (SSSR count). The number of nitrogens with zero attached hydrogens (tertiary/aromatic N) is 2. The van der Waals surface area contributed by atoms with Gasteiger partial charge in [0.15, 0.2) is 0 Å². The molecule has 162 valence electrons. The van der Waals surface area contributed by atoms with E-state index in [2.05, 4.69) is 33.7 Å². The fourth-order valence-electron chi connectivity index (χ4n) is 5.24. The van der Waals surface area contributed by atoms with Crippen LogP contribution in [0.15, 0.2) is 54.6 Å². The summed E-state index contributed by atoms with van der Waals surface area (Å²) in [6.45, 7) is 1.84. The van der Waals surface area contributed by atoms with Crippen molar-refractivity contribution >= 4 is 11.6 Å². The fraction of sp³-hybridized carbons (Fsp3) is 0.385. The number of halogens is 1. The van der Waals surface area contributed by atoms with Gasteiger partial charge in [-0.25, -0.2) is 0 Å². The van der Waals surface area contributed by atoms with Crippen molar-refractivity contribution in [1.29, 1.82) is 0 Å². The maximum Gasteiger partial charge on any atom is 0.118 e. The molecule has 2 unspecified atom stereocenters. The molecule has 0 saturated heterocycles. The molecule has 1 fully saturated rings. The minimum atomic E-state index is -0.206. The first-order chi connectivity index (χ1) is 15.2. The normalized spacial score (nSPS) is 21.6. The molecule has 31 heavy (non-hydrogen) atoms. The molecule has 1 aliphatic carbocycles. The predicted octanol–water partition coefficient (Wildman–Crippen LogP) is 5.47. The lowest BCUT2D eigenvalue weighted by atomic mass is 9.90. The zero-order valence-electron chi connectivity index (χ0n) is 17.9. The van der Waals surface area contributed by atoms with Gasteiger partial charge in [-0.05, 0) is 66.4 Å². The quantitative estimate of drug-likeness (QED) is 0.589. The summed E-state index contributed by atoms with van der Waals surface area (Å²) in [6, 6.07) is 18.9. The molecule has 1 N–H and O–H groups in total. The first-order valence-electron chi connectivity index (χ1n) is 11.2. The lowest BCUT2D eigenvalue weighted by molar-refractivity contribution is 0.0130. The van der Waals surface area contributed by atoms with E-state index in [-0.39, 0.29) is 12.1 Å². The summed E-state index contributed by atoms with van der Waals surface area (Å²) in [5.41, 5.74) is 5.95. The van der Waals surface area contributed by atoms with E-state index in [9.17, 15) is 5.11 Å². The van der Waals surface area contributed by atoms with Gasteiger partial charge in [0.1, 0.15) is 5.75 Å². The molecule has 2 aromatic carbocycles. The minimum Gasteiger partial charge on any atom is -0.497 e. The second kappa shape index (κ2) is 8.70. The Kier molecular flexibility index (Phi) is 5.79. The molecule has 0 spiro atoms. The maximum absolute atomic E-state index is 10.6. The first kappa shape index (κ1) is 20.6. The molecule has 1 aromatic heterocycles. The van der Waals surface area contributed by atoms with Crippen molar-refractivity contribution in [2.75, 3.05) is 13.7 Å². The van der Waals surface area contributed by atoms with Gasteiger partial charge in [-0.3, -0.25) is 4.90 Å². The van der Waals surface area contributed by atoms with E-state index in [0.717, 1.165) is 66.5 Å². The van der Waals surface area contributed by atoms with Gasteiger partial charge in [0.25, 0.3) is 0 Å². The van der Waals surface area contributed by atoms with Crippen LogP contribution in [0, 0.1) is 0 Å². The number of fused-ring (bicyclic) bond motifs is 1. The third-order valence-corrected chi connectivity index (χ3v) is 7.16. The van der Waals surface area contributed by atoms with Gasteiger partial charge >= 0.3 is 0 Å². The van der Waals surface area contributed by atoms with Crippen molar-refractivity contribution in [3.8, 4) is 22.7 Å². The zero-order valence-corrected chi connectivity index (χ0v) is 18.7. The summed E-state index contributed by atoms with van der Waals surface area (Å²) >= 11 is 6.65. The summed E-state index contributed by atoms with van der Waals surface area (Å²) in [4.78, 5) is 2.49. The number of rotatable bonds is 4. The van der Waals surface area contributed by atoms with E-state index in [1.165, 1.54) is 17.7 Å². The largest absolute Gasteiger partial charge is 0.497 e. The Labute approximate surface area is 189 Å². The molecule has 4 nitrogen and oxygen atoms in total. The Balaban J connectivity index is 1.58. The summed E-state index contributed by atoms with van der Waals surface area (Å²) in [7, 11) is 1.69. The Morgan fingerprint density at radius 2 is 1.81 bits per heavy atom. The molecule has 2 heterocycles. The second-order valence-electron chi connectivity index (χ2n) is 8.66. The molecule has 5 heteroatoms. The van der Waals surface area contributed by atoms with Crippen LogP contribution in [0.25, 0.3) is 16.9 Å². The van der Waals surface area contributed by atoms with Crippen molar-refractivity contribution in [2.45, 2.75) is 50.8 Å². The van der Waals surface area contributed by atoms with Crippen molar-refractivity contribution in [1.82, 2.24) is 9.47 Å². The lowest BCUT2D eigenvalue weighted by Crippen LogP contribution is -2.47. The summed E-state index contributed by atoms with van der Waals surface area (Å²) in [5.74, 6) is 0.849. The average molecular weight is 437 g/mol. The number of aliphatic hydroxyl groups excluding tert-OH is 1. The van der Waals surface area contributed by atoms with E-state index in [1.807, 2.05) is 30.3 Å². The van der Waals surface area contributed by atoms with Crippen LogP contribution >= 0.6 is 11.6 Å². The van der Waals surface area contributed by atoms with E-state index < -0.39 is 0 Å². The Bertz CT molecular complexity index is 1060. The predicted molar refractivity (Wildman–Crippen MR) is 125 cm³/mol. The highest BCUT2D eigenvalue weighted by molar-refractivity contribution is 6.32. The average Bonchev–Trinajstić information content (AvgIpc) is 3.18. The van der Waals surface area contributed by atoms with Gasteiger partial charge < -0.3 is 14.4 Å². The van der Waals surface area contributed by atoms with Crippen LogP contribution in [-0.2, 0) is 13.0 Å². The third-order valence-electron chi connectivity index (χ3n) is 6.84. The van der Waals surface area contributed by atoms with Gasteiger partial charge in [-0.15, -0.1) is 0 Å². The van der Waals surface area contributed by atoms with Gasteiger partial charge in [0.05, 0.1) is 29.6 Å². The van der Waals surface area contributed by atoms with E-state index in [0.29, 0.717) is 0 Å². The number of ether oxygens (including phenoxy) is 1. The lowest BCUT2D eigenvalue weighted by Gasteiger charge is -2.39. The summed E-state index contributed by atoms with van der Waals surface area (Å²) in [5, 5.41) is 11.3. The van der Waals surface area contributed by atoms with Crippen LogP contribution in [0.4, 0.5) is 0 Å². The van der Waals surface area contributed by atoms with Crippen molar-refractivity contribution in [3.05, 3.63) is 70.9 Å². The summed E-state index contributed by atoms with van der Waals surface area (Å²) in [6.07, 6.45) is 5.10. The number of methoxy groups -OCH3 is 1. The van der Waals surface area contributed by atoms with Gasteiger partial charge in [-0.2, -0.15) is 0 Å². The highest BCUT2D eigenvalue weighted by atomic mass is 35.5. The van der Waals surface area contributed by atoms with Gasteiger partial charge in [0.2, 0.25) is 0 Å². The van der Waals surface area contributed by atoms with E-state index in [4.69, 9.17) is 16.3 Å². The molecule has 2 atom stereocenters. The second-order valence-corrected chi connectivity index (χ2v) is 9.06. The van der Waals surface area contributed by atoms with Gasteiger partial charge in [0, 0.05) is 31.2 Å². The first-order valence-corrected chi connectivity index (χ1v) is 11.6. The summed E-state index contributed by atoms with van der Waals surface area (Å²) < 4.78 is 7.68. The fourth-order valence-corrected chi connectivity index (χ4v) is 5.46. The van der Waals surface area contributed by atoms with Crippen LogP contribution in [0.1, 0.15) is 36.9 Å². The van der Waals surface area contributed by atoms with Crippen LogP contribution < -0.4 is 4.74 Å². The molecule has 1 aliphatic heterocycles. The zero-order chi connectivity index (χ0) is 21.4. The molecule has 0 radical (unpaired) electrons. The maximum atomic E-state index is 10.6. The molecule has 0 bridgehead atoms. The standard InChI is InChI=1S/C26H29ClN2O2/c1-31-20-12-10-18(11-13-20)25-16-19-17-28(24-8-4-5-9-26(24)30)15-14-22(19)29(25)23-7-3-2-6-21(23)27/h2-3,6-7,10-13,16,24,26,30H,4-5,8-9,14-15,17H2,1H3. The van der Waals surface area contributed by atoms with Crippen LogP contribution in [0.5, 0.6) is 5.75 Å². The van der Waals surface area contributed by atoms with Crippen LogP contribution in [-0.4, -0.2) is 40.4 Å². The number of aliphatic hydroxyl groups is 1. The highest BCUT2D eigenvalue weighted by Crippen LogP contribution is 2.37. The number of aromatic nitrogens is 1. The molecule has 1 saturated carbocycles. The third kappa shape index (κ3) is 3.89.